The van der Waals surface area contributed by atoms with E-state index in [0.29, 0.717) is 13.2 Å². The van der Waals surface area contributed by atoms with Gasteiger partial charge in [-0.15, -0.1) is 0 Å². The second-order valence-corrected chi connectivity index (χ2v) is 3.52. The summed E-state index contributed by atoms with van der Waals surface area (Å²) in [5.74, 6) is -0.168. The highest BCUT2D eigenvalue weighted by molar-refractivity contribution is 5.82. The molecule has 0 radical (unpaired) electrons. The molecule has 1 aromatic carbocycles. The Balaban J connectivity index is 2.07. The number of hydroxylamine groups is 2. The summed E-state index contributed by atoms with van der Waals surface area (Å²) in [6.07, 6.45) is 0.882. The fraction of sp³-hybridized carbons (Fsp3) is 0.364. The first-order chi connectivity index (χ1) is 7.29. The van der Waals surface area contributed by atoms with E-state index in [2.05, 4.69) is 0 Å². The number of nitrogens with zero attached hydrogens (tertiary/aromatic N) is 1. The number of benzene rings is 1. The van der Waals surface area contributed by atoms with Gasteiger partial charge in [-0.1, -0.05) is 30.3 Å². The summed E-state index contributed by atoms with van der Waals surface area (Å²) in [5.41, 5.74) is 6.66. The SMILES string of the molecule is N[C@@H](C(=O)N1CCCO1)c1ccccc1. The average Bonchev–Trinajstić information content (AvgIpc) is 2.82. The smallest absolute Gasteiger partial charge is 0.267 e. The van der Waals surface area contributed by atoms with Crippen LogP contribution in [0.1, 0.15) is 18.0 Å². The summed E-state index contributed by atoms with van der Waals surface area (Å²) in [5, 5.41) is 1.36. The lowest BCUT2D eigenvalue weighted by Crippen LogP contribution is -2.35. The molecule has 1 aliphatic heterocycles. The average molecular weight is 206 g/mol. The van der Waals surface area contributed by atoms with Gasteiger partial charge in [-0.25, -0.2) is 5.06 Å². The Morgan fingerprint density at radius 1 is 1.40 bits per heavy atom. The fourth-order valence-corrected chi connectivity index (χ4v) is 1.58. The van der Waals surface area contributed by atoms with Crippen LogP contribution >= 0.6 is 0 Å². The van der Waals surface area contributed by atoms with Gasteiger partial charge in [0.25, 0.3) is 5.91 Å². The molecule has 0 bridgehead atoms. The van der Waals surface area contributed by atoms with Gasteiger partial charge in [-0.2, -0.15) is 0 Å². The van der Waals surface area contributed by atoms with E-state index in [0.717, 1.165) is 12.0 Å². The first-order valence-corrected chi connectivity index (χ1v) is 5.04. The van der Waals surface area contributed by atoms with Crippen LogP contribution in [-0.4, -0.2) is 24.1 Å². The van der Waals surface area contributed by atoms with Gasteiger partial charge < -0.3 is 5.73 Å². The zero-order chi connectivity index (χ0) is 10.7. The van der Waals surface area contributed by atoms with Crippen molar-refractivity contribution < 1.29 is 9.63 Å². The molecule has 0 aromatic heterocycles. The fourth-order valence-electron chi connectivity index (χ4n) is 1.58. The molecule has 80 valence electrons. The molecule has 1 fully saturated rings. The highest BCUT2D eigenvalue weighted by Gasteiger charge is 2.25. The third kappa shape index (κ3) is 2.16. The van der Waals surface area contributed by atoms with Crippen LogP contribution in [-0.2, 0) is 9.63 Å². The Hall–Kier alpha value is -1.39. The number of nitrogens with two attached hydrogens (primary N) is 1. The van der Waals surface area contributed by atoms with E-state index in [9.17, 15) is 4.79 Å². The van der Waals surface area contributed by atoms with Crippen LogP contribution in [0.5, 0.6) is 0 Å². The van der Waals surface area contributed by atoms with Gasteiger partial charge >= 0.3 is 0 Å². The molecule has 2 N–H and O–H groups in total. The molecule has 0 spiro atoms. The van der Waals surface area contributed by atoms with Crippen LogP contribution in [0.3, 0.4) is 0 Å². The zero-order valence-corrected chi connectivity index (χ0v) is 8.43. The van der Waals surface area contributed by atoms with Crippen molar-refractivity contribution in [1.29, 1.82) is 0 Å². The third-order valence-corrected chi connectivity index (χ3v) is 2.42. The van der Waals surface area contributed by atoms with E-state index < -0.39 is 6.04 Å². The molecule has 2 rings (SSSR count). The second-order valence-electron chi connectivity index (χ2n) is 3.52. The Morgan fingerprint density at radius 2 is 2.13 bits per heavy atom. The highest BCUT2D eigenvalue weighted by Crippen LogP contribution is 2.15. The molecule has 0 unspecified atom stereocenters. The minimum Gasteiger partial charge on any atom is -0.316 e. The van der Waals surface area contributed by atoms with Gasteiger partial charge in [0.15, 0.2) is 0 Å². The maximum atomic E-state index is 11.8. The Labute approximate surface area is 88.6 Å². The van der Waals surface area contributed by atoms with E-state index in [1.165, 1.54) is 5.06 Å². The first kappa shape index (κ1) is 10.1. The summed E-state index contributed by atoms with van der Waals surface area (Å²) in [7, 11) is 0. The first-order valence-electron chi connectivity index (χ1n) is 5.04. The maximum absolute atomic E-state index is 11.8. The molecular formula is C11H14N2O2. The van der Waals surface area contributed by atoms with Crippen LogP contribution in [0, 0.1) is 0 Å². The zero-order valence-electron chi connectivity index (χ0n) is 8.43. The van der Waals surface area contributed by atoms with Crippen molar-refractivity contribution >= 4 is 5.91 Å². The summed E-state index contributed by atoms with van der Waals surface area (Å²) in [6.45, 7) is 1.24. The normalized spacial score (nSPS) is 17.8. The van der Waals surface area contributed by atoms with Crippen molar-refractivity contribution in [2.75, 3.05) is 13.2 Å². The van der Waals surface area contributed by atoms with Crippen LogP contribution in [0.2, 0.25) is 0 Å². The predicted octanol–water partition coefficient (Wildman–Crippen LogP) is 0.850. The number of hydrogen-bond donors (Lipinski definition) is 1. The van der Waals surface area contributed by atoms with Gasteiger partial charge in [0.1, 0.15) is 6.04 Å². The number of rotatable bonds is 2. The number of hydrogen-bond acceptors (Lipinski definition) is 3. The second kappa shape index (κ2) is 4.42. The molecule has 4 heteroatoms. The van der Waals surface area contributed by atoms with Crippen LogP contribution in [0.25, 0.3) is 0 Å². The van der Waals surface area contributed by atoms with Crippen LogP contribution < -0.4 is 5.73 Å². The maximum Gasteiger partial charge on any atom is 0.267 e. The number of amides is 1. The number of carbonyl (C=O) groups is 1. The minimum atomic E-state index is -0.621. The molecule has 1 atom stereocenters. The van der Waals surface area contributed by atoms with Gasteiger partial charge in [-0.05, 0) is 12.0 Å². The Morgan fingerprint density at radius 3 is 2.73 bits per heavy atom. The lowest BCUT2D eigenvalue weighted by molar-refractivity contribution is -0.170. The minimum absolute atomic E-state index is 0.168. The largest absolute Gasteiger partial charge is 0.316 e. The van der Waals surface area contributed by atoms with E-state index in [1.54, 1.807) is 0 Å². The standard InChI is InChI=1S/C11H14N2O2/c12-10(9-5-2-1-3-6-9)11(14)13-7-4-8-15-13/h1-3,5-6,10H,4,7-8,12H2/t10-/m1/s1. The van der Waals surface area contributed by atoms with Crippen molar-refractivity contribution in [3.05, 3.63) is 35.9 Å². The lowest BCUT2D eigenvalue weighted by Gasteiger charge is -2.18. The van der Waals surface area contributed by atoms with Crippen LogP contribution in [0.4, 0.5) is 0 Å². The quantitative estimate of drug-likeness (QED) is 0.780. The number of carbonyl (C=O) groups excluding carboxylic acids is 1. The molecule has 1 aromatic rings. The molecule has 1 aliphatic rings. The van der Waals surface area contributed by atoms with Crippen molar-refractivity contribution in [2.45, 2.75) is 12.5 Å². The molecule has 1 saturated heterocycles. The van der Waals surface area contributed by atoms with Gasteiger partial charge in [0, 0.05) is 0 Å². The summed E-state index contributed by atoms with van der Waals surface area (Å²) in [6, 6.07) is 8.70. The lowest BCUT2D eigenvalue weighted by atomic mass is 10.1. The molecule has 4 nitrogen and oxygen atoms in total. The van der Waals surface area contributed by atoms with Gasteiger partial charge in [0.2, 0.25) is 0 Å². The van der Waals surface area contributed by atoms with E-state index >= 15 is 0 Å². The van der Waals surface area contributed by atoms with Crippen molar-refractivity contribution in [3.63, 3.8) is 0 Å². The molecule has 0 aliphatic carbocycles. The third-order valence-electron chi connectivity index (χ3n) is 2.42. The molecule has 0 saturated carbocycles. The van der Waals surface area contributed by atoms with E-state index in [1.807, 2.05) is 30.3 Å². The van der Waals surface area contributed by atoms with Crippen molar-refractivity contribution in [1.82, 2.24) is 5.06 Å². The van der Waals surface area contributed by atoms with Crippen molar-refractivity contribution in [3.8, 4) is 0 Å². The van der Waals surface area contributed by atoms with Gasteiger partial charge in [-0.3, -0.25) is 9.63 Å². The molecule has 1 heterocycles. The van der Waals surface area contributed by atoms with E-state index in [4.69, 9.17) is 10.6 Å². The Kier molecular flexibility index (Phi) is 2.99. The monoisotopic (exact) mass is 206 g/mol. The summed E-state index contributed by atoms with van der Waals surface area (Å²) < 4.78 is 0. The summed E-state index contributed by atoms with van der Waals surface area (Å²) in [4.78, 5) is 17.0. The highest BCUT2D eigenvalue weighted by atomic mass is 16.7. The molecule has 1 amide bonds. The van der Waals surface area contributed by atoms with Crippen molar-refractivity contribution in [2.24, 2.45) is 5.73 Å². The van der Waals surface area contributed by atoms with Gasteiger partial charge in [0.05, 0.1) is 13.2 Å². The Bertz CT molecular complexity index is 334. The molecular weight excluding hydrogens is 192 g/mol. The summed E-state index contributed by atoms with van der Waals surface area (Å²) >= 11 is 0. The van der Waals surface area contributed by atoms with E-state index in [-0.39, 0.29) is 5.91 Å². The topological polar surface area (TPSA) is 55.6 Å². The predicted molar refractivity (Wildman–Crippen MR) is 55.7 cm³/mol. The molecule has 15 heavy (non-hydrogen) atoms. The van der Waals surface area contributed by atoms with Crippen LogP contribution in [0.15, 0.2) is 30.3 Å².